The summed E-state index contributed by atoms with van der Waals surface area (Å²) < 4.78 is 6.27. The average molecular weight is 398 g/mol. The molecule has 0 amide bonds. The van der Waals surface area contributed by atoms with Gasteiger partial charge in [-0.05, 0) is 66.4 Å². The van der Waals surface area contributed by atoms with Gasteiger partial charge in [-0.1, -0.05) is 35.4 Å². The molecule has 4 heteroatoms. The third-order valence-corrected chi connectivity index (χ3v) is 6.24. The number of ether oxygens (including phenoxy) is 1. The Hall–Kier alpha value is -1.88. The monoisotopic (exact) mass is 397 g/mol. The molecular formula is C25H35NO3. The normalized spacial score (nSPS) is 25.8. The van der Waals surface area contributed by atoms with Gasteiger partial charge in [-0.2, -0.15) is 0 Å². The van der Waals surface area contributed by atoms with Crippen LogP contribution < -0.4 is 5.06 Å². The van der Waals surface area contributed by atoms with Crippen molar-refractivity contribution < 1.29 is 14.9 Å². The van der Waals surface area contributed by atoms with E-state index in [1.807, 2.05) is 38.1 Å². The van der Waals surface area contributed by atoms with Crippen molar-refractivity contribution in [3.05, 3.63) is 63.9 Å². The molecule has 3 rings (SSSR count). The molecule has 0 fully saturated rings. The predicted molar refractivity (Wildman–Crippen MR) is 119 cm³/mol. The van der Waals surface area contributed by atoms with Gasteiger partial charge in [0.05, 0.1) is 11.2 Å². The van der Waals surface area contributed by atoms with E-state index in [2.05, 4.69) is 32.9 Å². The second-order valence-corrected chi connectivity index (χ2v) is 9.06. The molecule has 2 N–H and O–H groups in total. The Kier molecular flexibility index (Phi) is 6.67. The Morgan fingerprint density at radius 1 is 1.24 bits per heavy atom. The molecule has 1 aromatic rings. The summed E-state index contributed by atoms with van der Waals surface area (Å²) in [6.45, 7) is 10.2. The van der Waals surface area contributed by atoms with Gasteiger partial charge in [0.1, 0.15) is 23.6 Å². The van der Waals surface area contributed by atoms with E-state index in [-0.39, 0.29) is 17.2 Å². The molecule has 0 radical (unpaired) electrons. The van der Waals surface area contributed by atoms with Crippen LogP contribution in [-0.4, -0.2) is 22.9 Å². The van der Waals surface area contributed by atoms with Crippen LogP contribution in [0.4, 0.5) is 5.69 Å². The van der Waals surface area contributed by atoms with Gasteiger partial charge in [-0.25, -0.2) is 0 Å². The van der Waals surface area contributed by atoms with Crippen LogP contribution in [-0.2, 0) is 4.74 Å². The van der Waals surface area contributed by atoms with Crippen LogP contribution >= 0.6 is 0 Å². The Labute approximate surface area is 175 Å². The largest absolute Gasteiger partial charge is 0.628 e. The van der Waals surface area contributed by atoms with E-state index < -0.39 is 5.60 Å². The van der Waals surface area contributed by atoms with Gasteiger partial charge >= 0.3 is 0 Å². The molecule has 29 heavy (non-hydrogen) atoms. The average Bonchev–Trinajstić information content (AvgIpc) is 3.12. The van der Waals surface area contributed by atoms with E-state index >= 15 is 0 Å². The zero-order chi connectivity index (χ0) is 21.2. The summed E-state index contributed by atoms with van der Waals surface area (Å²) in [6, 6.07) is 7.46. The van der Waals surface area contributed by atoms with E-state index in [1.54, 1.807) is 0 Å². The van der Waals surface area contributed by atoms with Crippen molar-refractivity contribution in [1.82, 2.24) is 0 Å². The number of hydrogen-bond acceptors (Lipinski definition) is 3. The Balaban J connectivity index is 1.63. The SMILES string of the molecule is CC(C)=CCCC(C)=CCCC(C)(O)C1CC2=C(O1)c1ccccc1[NH+]([O-])C2C. The summed E-state index contributed by atoms with van der Waals surface area (Å²) in [5.74, 6) is 0.812. The number of hydrogen-bond donors (Lipinski definition) is 2. The smallest absolute Gasteiger partial charge is 0.142 e. The molecule has 0 saturated carbocycles. The summed E-state index contributed by atoms with van der Waals surface area (Å²) in [5.41, 5.74) is 4.41. The van der Waals surface area contributed by atoms with Crippen molar-refractivity contribution in [3.63, 3.8) is 0 Å². The maximum Gasteiger partial charge on any atom is 0.142 e. The first-order chi connectivity index (χ1) is 13.7. The zero-order valence-corrected chi connectivity index (χ0v) is 18.4. The number of allylic oxidation sites excluding steroid dienone is 4. The standard InChI is InChI=1S/C25H35NO3/c1-17(2)10-8-11-18(3)12-9-15-25(5,27)23-16-21-19(4)26(28)22-14-7-6-13-20(22)24(21)29-23/h6-7,10,12-14,19,23,26-27H,8-9,11,15-16H2,1-5H3. The third kappa shape index (κ3) is 4.82. The molecule has 2 heterocycles. The predicted octanol–water partition coefficient (Wildman–Crippen LogP) is 4.83. The van der Waals surface area contributed by atoms with Gasteiger partial charge in [0.15, 0.2) is 0 Å². The minimum atomic E-state index is -0.939. The highest BCUT2D eigenvalue weighted by Gasteiger charge is 2.45. The summed E-state index contributed by atoms with van der Waals surface area (Å²) >= 11 is 0. The van der Waals surface area contributed by atoms with Crippen molar-refractivity contribution in [2.45, 2.75) is 84.5 Å². The summed E-state index contributed by atoms with van der Waals surface area (Å²) in [7, 11) is 0. The molecule has 4 nitrogen and oxygen atoms in total. The molecule has 2 aliphatic rings. The van der Waals surface area contributed by atoms with E-state index in [0.717, 1.165) is 41.8 Å². The molecule has 0 aromatic heterocycles. The van der Waals surface area contributed by atoms with Crippen LogP contribution in [0.5, 0.6) is 0 Å². The Morgan fingerprint density at radius 3 is 2.69 bits per heavy atom. The molecule has 1 aromatic carbocycles. The topological polar surface area (TPSA) is 57.0 Å². The highest BCUT2D eigenvalue weighted by atomic mass is 16.5. The lowest BCUT2D eigenvalue weighted by Gasteiger charge is -2.34. The van der Waals surface area contributed by atoms with Crippen molar-refractivity contribution in [2.24, 2.45) is 0 Å². The molecule has 4 atom stereocenters. The molecule has 2 aliphatic heterocycles. The molecule has 0 spiro atoms. The van der Waals surface area contributed by atoms with Crippen molar-refractivity contribution >= 4 is 11.4 Å². The van der Waals surface area contributed by atoms with Gasteiger partial charge in [-0.15, -0.1) is 0 Å². The molecule has 158 valence electrons. The van der Waals surface area contributed by atoms with E-state index in [9.17, 15) is 10.3 Å². The molecular weight excluding hydrogens is 362 g/mol. The molecule has 0 bridgehead atoms. The first-order valence-electron chi connectivity index (χ1n) is 10.8. The van der Waals surface area contributed by atoms with Gasteiger partial charge in [0, 0.05) is 18.1 Å². The maximum atomic E-state index is 12.7. The van der Waals surface area contributed by atoms with Crippen molar-refractivity contribution in [1.29, 1.82) is 0 Å². The second-order valence-electron chi connectivity index (χ2n) is 9.06. The van der Waals surface area contributed by atoms with Crippen LogP contribution in [0.15, 0.2) is 53.1 Å². The fraction of sp³-hybridized carbons (Fsp3) is 0.520. The van der Waals surface area contributed by atoms with Gasteiger partial charge in [0.25, 0.3) is 0 Å². The summed E-state index contributed by atoms with van der Waals surface area (Å²) in [6.07, 6.45) is 8.38. The minimum absolute atomic E-state index is 0.151. The highest BCUT2D eigenvalue weighted by Crippen LogP contribution is 2.42. The van der Waals surface area contributed by atoms with E-state index in [1.165, 1.54) is 11.1 Å². The van der Waals surface area contributed by atoms with E-state index in [4.69, 9.17) is 4.74 Å². The number of hydroxylamine groups is 1. The quantitative estimate of drug-likeness (QED) is 0.512. The van der Waals surface area contributed by atoms with Crippen LogP contribution in [0, 0.1) is 5.21 Å². The second kappa shape index (κ2) is 8.86. The molecule has 4 unspecified atom stereocenters. The highest BCUT2D eigenvalue weighted by molar-refractivity contribution is 5.74. The summed E-state index contributed by atoms with van der Waals surface area (Å²) in [4.78, 5) is 0. The fourth-order valence-corrected chi connectivity index (χ4v) is 4.26. The lowest BCUT2D eigenvalue weighted by molar-refractivity contribution is -0.798. The lowest BCUT2D eigenvalue weighted by Crippen LogP contribution is -3.07. The number of benzene rings is 1. The molecule has 0 saturated heterocycles. The minimum Gasteiger partial charge on any atom is -0.628 e. The van der Waals surface area contributed by atoms with Crippen molar-refractivity contribution in [3.8, 4) is 0 Å². The first-order valence-corrected chi connectivity index (χ1v) is 10.8. The fourth-order valence-electron chi connectivity index (χ4n) is 4.26. The zero-order valence-electron chi connectivity index (χ0n) is 18.4. The van der Waals surface area contributed by atoms with Crippen LogP contribution in [0.1, 0.15) is 72.3 Å². The van der Waals surface area contributed by atoms with Crippen molar-refractivity contribution in [2.75, 3.05) is 0 Å². The van der Waals surface area contributed by atoms with Crippen LogP contribution in [0.3, 0.4) is 0 Å². The summed E-state index contributed by atoms with van der Waals surface area (Å²) in [5, 5.41) is 24.0. The van der Waals surface area contributed by atoms with Gasteiger partial charge in [0.2, 0.25) is 0 Å². The Morgan fingerprint density at radius 2 is 1.97 bits per heavy atom. The number of aliphatic hydroxyl groups is 1. The number of nitrogens with one attached hydrogen (secondary N) is 1. The van der Waals surface area contributed by atoms with Gasteiger partial charge in [-0.3, -0.25) is 0 Å². The van der Waals surface area contributed by atoms with Gasteiger partial charge < -0.3 is 20.1 Å². The van der Waals surface area contributed by atoms with E-state index in [0.29, 0.717) is 12.8 Å². The molecule has 0 aliphatic carbocycles. The number of rotatable bonds is 7. The maximum absolute atomic E-state index is 12.7. The number of quaternary nitrogens is 1. The first kappa shape index (κ1) is 21.8. The van der Waals surface area contributed by atoms with Crippen LogP contribution in [0.2, 0.25) is 0 Å². The number of para-hydroxylation sites is 1. The Bertz CT molecular complexity index is 830. The lowest BCUT2D eigenvalue weighted by atomic mass is 9.87. The number of fused-ring (bicyclic) bond motifs is 2. The van der Waals surface area contributed by atoms with Crippen LogP contribution in [0.25, 0.3) is 5.76 Å². The third-order valence-electron chi connectivity index (χ3n) is 6.24.